The van der Waals surface area contributed by atoms with Crippen LogP contribution in [0.25, 0.3) is 5.69 Å². The van der Waals surface area contributed by atoms with Gasteiger partial charge in [-0.1, -0.05) is 17.7 Å². The molecule has 0 spiro atoms. The van der Waals surface area contributed by atoms with Gasteiger partial charge in [0.05, 0.1) is 10.7 Å². The van der Waals surface area contributed by atoms with Crippen molar-refractivity contribution in [3.8, 4) is 11.4 Å². The SMILES string of the molecule is C=CCSCOc1cc(-n2c(=O)cc(C(F)(F)F)n(C)c2=O)c(F)cc1Cl. The average Bonchev–Trinajstić information content (AvgIpc) is 2.57. The highest BCUT2D eigenvalue weighted by Gasteiger charge is 2.35. The maximum Gasteiger partial charge on any atom is 0.431 e. The predicted molar refractivity (Wildman–Crippen MR) is 95.4 cm³/mol. The van der Waals surface area contributed by atoms with Crippen LogP contribution in [0.5, 0.6) is 5.75 Å². The van der Waals surface area contributed by atoms with Gasteiger partial charge in [0.2, 0.25) is 0 Å². The van der Waals surface area contributed by atoms with Crippen LogP contribution in [0.2, 0.25) is 5.02 Å². The Balaban J connectivity index is 2.58. The van der Waals surface area contributed by atoms with Crippen LogP contribution in [-0.4, -0.2) is 20.8 Å². The molecule has 0 radical (unpaired) electrons. The van der Waals surface area contributed by atoms with Crippen molar-refractivity contribution in [2.24, 2.45) is 7.05 Å². The van der Waals surface area contributed by atoms with E-state index in [9.17, 15) is 27.2 Å². The van der Waals surface area contributed by atoms with Crippen molar-refractivity contribution in [2.75, 3.05) is 11.7 Å². The van der Waals surface area contributed by atoms with E-state index in [1.165, 1.54) is 11.8 Å². The van der Waals surface area contributed by atoms with E-state index in [1.807, 2.05) is 0 Å². The number of hydrogen-bond donors (Lipinski definition) is 0. The lowest BCUT2D eigenvalue weighted by Crippen LogP contribution is -2.41. The Labute approximate surface area is 159 Å². The third-order valence-corrected chi connectivity index (χ3v) is 4.44. The van der Waals surface area contributed by atoms with Gasteiger partial charge in [0.1, 0.15) is 23.2 Å². The highest BCUT2D eigenvalue weighted by Crippen LogP contribution is 2.30. The fraction of sp³-hybridized carbons (Fsp3) is 0.250. The van der Waals surface area contributed by atoms with E-state index in [1.54, 1.807) is 6.08 Å². The van der Waals surface area contributed by atoms with E-state index in [0.717, 1.165) is 19.2 Å². The van der Waals surface area contributed by atoms with Crippen molar-refractivity contribution in [3.63, 3.8) is 0 Å². The van der Waals surface area contributed by atoms with E-state index in [4.69, 9.17) is 16.3 Å². The molecule has 0 saturated carbocycles. The van der Waals surface area contributed by atoms with Gasteiger partial charge in [-0.3, -0.25) is 9.36 Å². The Morgan fingerprint density at radius 2 is 1.96 bits per heavy atom. The van der Waals surface area contributed by atoms with Crippen LogP contribution < -0.4 is 16.0 Å². The summed E-state index contributed by atoms with van der Waals surface area (Å²) in [5, 5.41) is -0.118. The molecule has 0 N–H and O–H groups in total. The number of alkyl halides is 3. The van der Waals surface area contributed by atoms with Gasteiger partial charge in [0, 0.05) is 24.9 Å². The van der Waals surface area contributed by atoms with Crippen molar-refractivity contribution >= 4 is 23.4 Å². The zero-order valence-electron chi connectivity index (χ0n) is 13.8. The molecule has 2 aromatic rings. The lowest BCUT2D eigenvalue weighted by atomic mass is 10.2. The summed E-state index contributed by atoms with van der Waals surface area (Å²) in [5.74, 6) is -0.398. The number of thioether (sulfide) groups is 1. The van der Waals surface area contributed by atoms with Crippen LogP contribution in [-0.2, 0) is 13.2 Å². The minimum Gasteiger partial charge on any atom is -0.481 e. The van der Waals surface area contributed by atoms with Gasteiger partial charge in [0.15, 0.2) is 0 Å². The Hall–Kier alpha value is -2.20. The summed E-state index contributed by atoms with van der Waals surface area (Å²) < 4.78 is 58.9. The average molecular weight is 425 g/mol. The molecule has 11 heteroatoms. The fourth-order valence-corrected chi connectivity index (χ4v) is 2.83. The quantitative estimate of drug-likeness (QED) is 0.308. The van der Waals surface area contributed by atoms with E-state index in [2.05, 4.69) is 6.58 Å². The number of hydrogen-bond acceptors (Lipinski definition) is 4. The lowest BCUT2D eigenvalue weighted by Gasteiger charge is -2.15. The summed E-state index contributed by atoms with van der Waals surface area (Å²) in [7, 11) is 0.832. The van der Waals surface area contributed by atoms with Gasteiger partial charge in [-0.15, -0.1) is 18.3 Å². The van der Waals surface area contributed by atoms with Crippen molar-refractivity contribution in [1.82, 2.24) is 9.13 Å². The topological polar surface area (TPSA) is 53.2 Å². The number of halogens is 5. The van der Waals surface area contributed by atoms with E-state index < -0.39 is 34.6 Å². The number of benzene rings is 1. The molecule has 1 aromatic heterocycles. The number of aromatic nitrogens is 2. The smallest absolute Gasteiger partial charge is 0.431 e. The second-order valence-electron chi connectivity index (χ2n) is 5.20. The maximum atomic E-state index is 14.3. The van der Waals surface area contributed by atoms with Crippen LogP contribution in [0, 0.1) is 5.82 Å². The van der Waals surface area contributed by atoms with Crippen LogP contribution in [0.3, 0.4) is 0 Å². The maximum absolute atomic E-state index is 14.3. The molecule has 0 bridgehead atoms. The normalized spacial score (nSPS) is 11.5. The summed E-state index contributed by atoms with van der Waals surface area (Å²) in [6.07, 6.45) is -3.28. The largest absolute Gasteiger partial charge is 0.481 e. The monoisotopic (exact) mass is 424 g/mol. The van der Waals surface area contributed by atoms with Crippen LogP contribution in [0.15, 0.2) is 40.4 Å². The van der Waals surface area contributed by atoms with E-state index in [-0.39, 0.29) is 31.9 Å². The molecule has 0 saturated heterocycles. The van der Waals surface area contributed by atoms with Crippen LogP contribution in [0.4, 0.5) is 17.6 Å². The highest BCUT2D eigenvalue weighted by molar-refractivity contribution is 7.99. The standard InChI is InChI=1S/C16H13ClF4N2O3S/c1-3-4-27-8-26-12-6-11(10(18)5-9(12)17)23-14(24)7-13(16(19,20)21)22(2)15(23)25/h3,5-7H,1,4,8H2,2H3. The first-order valence-corrected chi connectivity index (χ1v) is 8.82. The first-order chi connectivity index (χ1) is 12.6. The van der Waals surface area contributed by atoms with Crippen LogP contribution >= 0.6 is 23.4 Å². The summed E-state index contributed by atoms with van der Waals surface area (Å²) in [5.41, 5.74) is -4.70. The van der Waals surface area contributed by atoms with Gasteiger partial charge >= 0.3 is 11.9 Å². The molecule has 2 rings (SSSR count). The Bertz CT molecular complexity index is 985. The molecule has 0 amide bonds. The van der Waals surface area contributed by atoms with Crippen molar-refractivity contribution in [1.29, 1.82) is 0 Å². The zero-order chi connectivity index (χ0) is 20.4. The van der Waals surface area contributed by atoms with E-state index >= 15 is 0 Å². The second kappa shape index (κ2) is 8.22. The summed E-state index contributed by atoms with van der Waals surface area (Å²) in [6, 6.07) is 2.02. The van der Waals surface area contributed by atoms with Crippen molar-refractivity contribution in [2.45, 2.75) is 6.18 Å². The van der Waals surface area contributed by atoms with E-state index in [0.29, 0.717) is 5.75 Å². The highest BCUT2D eigenvalue weighted by atomic mass is 35.5. The summed E-state index contributed by atoms with van der Waals surface area (Å²) >= 11 is 7.21. The third-order valence-electron chi connectivity index (χ3n) is 3.39. The Morgan fingerprint density at radius 3 is 2.56 bits per heavy atom. The minimum atomic E-state index is -4.92. The number of nitrogens with zero attached hydrogens (tertiary/aromatic N) is 2. The third kappa shape index (κ3) is 4.56. The summed E-state index contributed by atoms with van der Waals surface area (Å²) in [6.45, 7) is 3.53. The molecule has 0 aliphatic heterocycles. The first-order valence-electron chi connectivity index (χ1n) is 7.29. The predicted octanol–water partition coefficient (Wildman–Crippen LogP) is 3.60. The lowest BCUT2D eigenvalue weighted by molar-refractivity contribution is -0.144. The van der Waals surface area contributed by atoms with Gasteiger partial charge in [-0.05, 0) is 6.07 Å². The number of ether oxygens (including phenoxy) is 1. The second-order valence-corrected chi connectivity index (χ2v) is 6.58. The molecule has 0 fully saturated rings. The molecule has 0 aliphatic rings. The first kappa shape index (κ1) is 21.1. The molecular weight excluding hydrogens is 412 g/mol. The molecule has 0 aliphatic carbocycles. The zero-order valence-corrected chi connectivity index (χ0v) is 15.4. The van der Waals surface area contributed by atoms with Gasteiger partial charge in [-0.25, -0.2) is 13.8 Å². The Morgan fingerprint density at radius 1 is 1.30 bits per heavy atom. The Kier molecular flexibility index (Phi) is 6.42. The van der Waals surface area contributed by atoms with Gasteiger partial charge in [0.25, 0.3) is 5.56 Å². The van der Waals surface area contributed by atoms with Crippen molar-refractivity contribution < 1.29 is 22.3 Å². The van der Waals surface area contributed by atoms with Gasteiger partial charge in [-0.2, -0.15) is 13.2 Å². The molecule has 1 heterocycles. The molecule has 0 unspecified atom stereocenters. The number of rotatable bonds is 6. The molecule has 0 atom stereocenters. The molecule has 1 aromatic carbocycles. The minimum absolute atomic E-state index is 0.0292. The van der Waals surface area contributed by atoms with Crippen LogP contribution in [0.1, 0.15) is 5.69 Å². The fourth-order valence-electron chi connectivity index (χ4n) is 2.16. The molecule has 27 heavy (non-hydrogen) atoms. The molecule has 146 valence electrons. The molecule has 5 nitrogen and oxygen atoms in total. The summed E-state index contributed by atoms with van der Waals surface area (Å²) in [4.78, 5) is 24.4. The molecular formula is C16H13ClF4N2O3S. The van der Waals surface area contributed by atoms with Gasteiger partial charge < -0.3 is 4.74 Å². The van der Waals surface area contributed by atoms with Crippen molar-refractivity contribution in [3.05, 3.63) is 68.2 Å².